The fourth-order valence-corrected chi connectivity index (χ4v) is 2.70. The standard InChI is InChI=1S/C15H24N2O2/c1-2-3-4-13(17-9-7-16-8-10-17)12-5-6-14(18)15(19)11-12/h5-6,11,13,16,18-19H,2-4,7-10H2,1H3/t13-/m0/s1. The summed E-state index contributed by atoms with van der Waals surface area (Å²) in [5.41, 5.74) is 1.10. The number of benzene rings is 1. The summed E-state index contributed by atoms with van der Waals surface area (Å²) >= 11 is 0. The van der Waals surface area contributed by atoms with Crippen LogP contribution in [0.1, 0.15) is 37.8 Å². The zero-order valence-electron chi connectivity index (χ0n) is 11.6. The lowest BCUT2D eigenvalue weighted by molar-refractivity contribution is 0.163. The van der Waals surface area contributed by atoms with Gasteiger partial charge < -0.3 is 15.5 Å². The van der Waals surface area contributed by atoms with Crippen LogP contribution < -0.4 is 5.32 Å². The predicted molar refractivity (Wildman–Crippen MR) is 76.5 cm³/mol. The molecule has 1 heterocycles. The molecule has 4 heteroatoms. The van der Waals surface area contributed by atoms with E-state index in [1.807, 2.05) is 6.07 Å². The van der Waals surface area contributed by atoms with E-state index in [4.69, 9.17) is 0 Å². The molecule has 0 unspecified atom stereocenters. The van der Waals surface area contributed by atoms with Crippen LogP contribution in [0.15, 0.2) is 18.2 Å². The molecule has 0 aromatic heterocycles. The van der Waals surface area contributed by atoms with Gasteiger partial charge in [-0.05, 0) is 24.1 Å². The van der Waals surface area contributed by atoms with Crippen LogP contribution in [0.25, 0.3) is 0 Å². The van der Waals surface area contributed by atoms with Crippen LogP contribution in [0.2, 0.25) is 0 Å². The number of aromatic hydroxyl groups is 2. The molecule has 1 aromatic carbocycles. The van der Waals surface area contributed by atoms with Crippen LogP contribution in [-0.2, 0) is 0 Å². The fraction of sp³-hybridized carbons (Fsp3) is 0.600. The third kappa shape index (κ3) is 3.61. The quantitative estimate of drug-likeness (QED) is 0.714. The Hall–Kier alpha value is -1.26. The number of hydrogen-bond acceptors (Lipinski definition) is 4. The van der Waals surface area contributed by atoms with Crippen molar-refractivity contribution in [2.45, 2.75) is 32.2 Å². The molecule has 0 bridgehead atoms. The van der Waals surface area contributed by atoms with Crippen molar-refractivity contribution in [1.29, 1.82) is 0 Å². The van der Waals surface area contributed by atoms with Crippen molar-refractivity contribution >= 4 is 0 Å². The van der Waals surface area contributed by atoms with Gasteiger partial charge in [-0.15, -0.1) is 0 Å². The van der Waals surface area contributed by atoms with Crippen LogP contribution >= 0.6 is 0 Å². The van der Waals surface area contributed by atoms with Crippen LogP contribution in [0, 0.1) is 0 Å². The van der Waals surface area contributed by atoms with Crippen molar-refractivity contribution in [3.63, 3.8) is 0 Å². The van der Waals surface area contributed by atoms with Gasteiger partial charge in [0.05, 0.1) is 0 Å². The summed E-state index contributed by atoms with van der Waals surface area (Å²) in [5.74, 6) is -0.0626. The molecule has 1 fully saturated rings. The van der Waals surface area contributed by atoms with Crippen LogP contribution in [-0.4, -0.2) is 41.3 Å². The maximum absolute atomic E-state index is 9.69. The van der Waals surface area contributed by atoms with E-state index in [0.29, 0.717) is 6.04 Å². The molecular weight excluding hydrogens is 240 g/mol. The molecule has 2 rings (SSSR count). The van der Waals surface area contributed by atoms with Gasteiger partial charge in [0.2, 0.25) is 0 Å². The van der Waals surface area contributed by atoms with Gasteiger partial charge in [0, 0.05) is 32.2 Å². The second kappa shape index (κ2) is 6.78. The first-order valence-electron chi connectivity index (χ1n) is 7.19. The summed E-state index contributed by atoms with van der Waals surface area (Å²) < 4.78 is 0. The van der Waals surface area contributed by atoms with Crippen LogP contribution in [0.4, 0.5) is 0 Å². The first-order chi connectivity index (χ1) is 9.22. The fourth-order valence-electron chi connectivity index (χ4n) is 2.70. The maximum atomic E-state index is 9.69. The molecule has 106 valence electrons. The minimum absolute atomic E-state index is 0.0193. The molecule has 0 radical (unpaired) electrons. The van der Waals surface area contributed by atoms with Gasteiger partial charge in [0.1, 0.15) is 0 Å². The van der Waals surface area contributed by atoms with Crippen molar-refractivity contribution < 1.29 is 10.2 Å². The Kier molecular flexibility index (Phi) is 5.05. The molecule has 1 aromatic rings. The normalized spacial score (nSPS) is 18.4. The van der Waals surface area contributed by atoms with Crippen molar-refractivity contribution in [3.05, 3.63) is 23.8 Å². The van der Waals surface area contributed by atoms with Crippen molar-refractivity contribution in [1.82, 2.24) is 10.2 Å². The zero-order valence-corrected chi connectivity index (χ0v) is 11.6. The molecule has 1 aliphatic heterocycles. The first kappa shape index (κ1) is 14.2. The van der Waals surface area contributed by atoms with Gasteiger partial charge in [-0.1, -0.05) is 25.8 Å². The third-order valence-electron chi connectivity index (χ3n) is 3.81. The van der Waals surface area contributed by atoms with E-state index >= 15 is 0 Å². The highest BCUT2D eigenvalue weighted by Crippen LogP contribution is 2.32. The van der Waals surface area contributed by atoms with Gasteiger partial charge in [0.15, 0.2) is 11.5 Å². The van der Waals surface area contributed by atoms with Crippen molar-refractivity contribution in [3.8, 4) is 11.5 Å². The Morgan fingerprint density at radius 1 is 1.21 bits per heavy atom. The zero-order chi connectivity index (χ0) is 13.7. The van der Waals surface area contributed by atoms with E-state index in [2.05, 4.69) is 17.1 Å². The molecule has 0 aliphatic carbocycles. The number of unbranched alkanes of at least 4 members (excludes halogenated alkanes) is 1. The monoisotopic (exact) mass is 264 g/mol. The average molecular weight is 264 g/mol. The smallest absolute Gasteiger partial charge is 0.157 e. The SMILES string of the molecule is CCCC[C@@H](c1ccc(O)c(O)c1)N1CCNCC1. The number of piperazine rings is 1. The summed E-state index contributed by atoms with van der Waals surface area (Å²) in [6.45, 7) is 6.31. The van der Waals surface area contributed by atoms with E-state index in [-0.39, 0.29) is 11.5 Å². The van der Waals surface area contributed by atoms with Gasteiger partial charge in [-0.25, -0.2) is 0 Å². The van der Waals surface area contributed by atoms with Gasteiger partial charge in [-0.3, -0.25) is 4.90 Å². The van der Waals surface area contributed by atoms with E-state index in [9.17, 15) is 10.2 Å². The van der Waals surface area contributed by atoms with E-state index in [1.165, 1.54) is 12.8 Å². The average Bonchev–Trinajstić information content (AvgIpc) is 2.44. The van der Waals surface area contributed by atoms with E-state index in [1.54, 1.807) is 12.1 Å². The minimum Gasteiger partial charge on any atom is -0.504 e. The largest absolute Gasteiger partial charge is 0.504 e. The molecule has 19 heavy (non-hydrogen) atoms. The maximum Gasteiger partial charge on any atom is 0.157 e. The van der Waals surface area contributed by atoms with E-state index < -0.39 is 0 Å². The molecule has 1 atom stereocenters. The molecule has 0 saturated carbocycles. The highest BCUT2D eigenvalue weighted by Gasteiger charge is 2.22. The Balaban J connectivity index is 2.17. The predicted octanol–water partition coefficient (Wildman–Crippen LogP) is 2.23. The topological polar surface area (TPSA) is 55.7 Å². The number of phenolic OH excluding ortho intramolecular Hbond substituents is 2. The van der Waals surface area contributed by atoms with Crippen molar-refractivity contribution in [2.75, 3.05) is 26.2 Å². The Labute approximate surface area is 115 Å². The summed E-state index contributed by atoms with van der Waals surface area (Å²) in [7, 11) is 0. The third-order valence-corrected chi connectivity index (χ3v) is 3.81. The summed E-state index contributed by atoms with van der Waals surface area (Å²) in [4.78, 5) is 2.47. The number of rotatable bonds is 5. The molecule has 0 amide bonds. The second-order valence-corrected chi connectivity index (χ2v) is 5.19. The highest BCUT2D eigenvalue weighted by molar-refractivity contribution is 5.41. The minimum atomic E-state index is -0.0432. The molecule has 4 nitrogen and oxygen atoms in total. The molecule has 0 spiro atoms. The lowest BCUT2D eigenvalue weighted by Crippen LogP contribution is -2.45. The summed E-state index contributed by atoms with van der Waals surface area (Å²) in [6.07, 6.45) is 3.45. The summed E-state index contributed by atoms with van der Waals surface area (Å²) in [5, 5.41) is 22.5. The van der Waals surface area contributed by atoms with Gasteiger partial charge in [-0.2, -0.15) is 0 Å². The molecule has 1 aliphatic rings. The van der Waals surface area contributed by atoms with Gasteiger partial charge in [0.25, 0.3) is 0 Å². The van der Waals surface area contributed by atoms with Crippen LogP contribution in [0.3, 0.4) is 0 Å². The molecule has 3 N–H and O–H groups in total. The summed E-state index contributed by atoms with van der Waals surface area (Å²) in [6, 6.07) is 5.56. The van der Waals surface area contributed by atoms with Gasteiger partial charge >= 0.3 is 0 Å². The number of nitrogens with zero attached hydrogens (tertiary/aromatic N) is 1. The first-order valence-corrected chi connectivity index (χ1v) is 7.19. The molecule has 1 saturated heterocycles. The Morgan fingerprint density at radius 3 is 2.58 bits per heavy atom. The van der Waals surface area contributed by atoms with Crippen LogP contribution in [0.5, 0.6) is 11.5 Å². The number of hydrogen-bond donors (Lipinski definition) is 3. The van der Waals surface area contributed by atoms with E-state index in [0.717, 1.165) is 38.2 Å². The Bertz CT molecular complexity index is 403. The van der Waals surface area contributed by atoms with Crippen molar-refractivity contribution in [2.24, 2.45) is 0 Å². The number of phenols is 2. The number of nitrogens with one attached hydrogen (secondary N) is 1. The lowest BCUT2D eigenvalue weighted by atomic mass is 9.98. The highest BCUT2D eigenvalue weighted by atomic mass is 16.3. The lowest BCUT2D eigenvalue weighted by Gasteiger charge is -2.35. The Morgan fingerprint density at radius 2 is 1.95 bits per heavy atom. The molecular formula is C15H24N2O2. The second-order valence-electron chi connectivity index (χ2n) is 5.19.